The second-order valence-electron chi connectivity index (χ2n) is 3.18. The second kappa shape index (κ2) is 4.84. The van der Waals surface area contributed by atoms with E-state index in [0.29, 0.717) is 10.6 Å². The van der Waals surface area contributed by atoms with Crippen molar-refractivity contribution >= 4 is 33.8 Å². The van der Waals surface area contributed by atoms with Gasteiger partial charge in [-0.25, -0.2) is 0 Å². The molecular formula is C9H13N3O3S. The molecule has 6 N–H and O–H groups in total. The van der Waals surface area contributed by atoms with E-state index >= 15 is 0 Å². The molecule has 0 bridgehead atoms. The van der Waals surface area contributed by atoms with Gasteiger partial charge >= 0.3 is 5.97 Å². The van der Waals surface area contributed by atoms with Crippen molar-refractivity contribution in [3.63, 3.8) is 0 Å². The molecule has 0 fully saturated rings. The lowest BCUT2D eigenvalue weighted by Crippen LogP contribution is -2.15. The van der Waals surface area contributed by atoms with E-state index < -0.39 is 16.8 Å². The smallest absolute Gasteiger partial charge is 0.322 e. The lowest BCUT2D eigenvalue weighted by molar-refractivity contribution is -0.134. The topological polar surface area (TPSA) is 118 Å². The van der Waals surface area contributed by atoms with Crippen LogP contribution in [0.5, 0.6) is 0 Å². The van der Waals surface area contributed by atoms with Gasteiger partial charge in [0.15, 0.2) is 0 Å². The number of anilines is 3. The summed E-state index contributed by atoms with van der Waals surface area (Å²) >= 11 is 0. The molecule has 1 atom stereocenters. The quantitative estimate of drug-likeness (QED) is 0.556. The summed E-state index contributed by atoms with van der Waals surface area (Å²) in [6.07, 6.45) is 1.51. The van der Waals surface area contributed by atoms with Crippen LogP contribution in [0.2, 0.25) is 0 Å². The van der Waals surface area contributed by atoms with Crippen LogP contribution in [-0.4, -0.2) is 28.1 Å². The second-order valence-corrected chi connectivity index (χ2v) is 4.56. The van der Waals surface area contributed by atoms with Crippen molar-refractivity contribution in [3.05, 3.63) is 12.1 Å². The molecule has 0 radical (unpaired) electrons. The summed E-state index contributed by atoms with van der Waals surface area (Å²) in [5, 5.41) is 11.1. The summed E-state index contributed by atoms with van der Waals surface area (Å²) in [6, 6.07) is 3.02. The third kappa shape index (κ3) is 2.86. The Morgan fingerprint density at radius 2 is 1.94 bits per heavy atom. The molecule has 88 valence electrons. The molecule has 0 saturated carbocycles. The largest absolute Gasteiger partial charge is 0.480 e. The molecule has 0 aliphatic carbocycles. The van der Waals surface area contributed by atoms with Gasteiger partial charge in [0.2, 0.25) is 0 Å². The van der Waals surface area contributed by atoms with Crippen LogP contribution in [-0.2, 0) is 15.6 Å². The van der Waals surface area contributed by atoms with E-state index in [2.05, 4.69) is 5.32 Å². The zero-order chi connectivity index (χ0) is 12.3. The molecule has 16 heavy (non-hydrogen) atoms. The minimum atomic E-state index is -1.17. The Morgan fingerprint density at radius 3 is 2.31 bits per heavy atom. The zero-order valence-corrected chi connectivity index (χ0v) is 9.50. The molecule has 1 rings (SSSR count). The van der Waals surface area contributed by atoms with Gasteiger partial charge in [-0.1, -0.05) is 0 Å². The lowest BCUT2D eigenvalue weighted by atomic mass is 10.2. The van der Waals surface area contributed by atoms with Gasteiger partial charge in [0.1, 0.15) is 6.54 Å². The SMILES string of the molecule is CS(=O)c1cc(N)c(NCC(=O)O)c(N)c1. The van der Waals surface area contributed by atoms with E-state index in [1.165, 1.54) is 18.4 Å². The molecule has 1 aromatic rings. The van der Waals surface area contributed by atoms with Crippen LogP contribution >= 0.6 is 0 Å². The molecule has 0 amide bonds. The summed E-state index contributed by atoms with van der Waals surface area (Å²) in [4.78, 5) is 10.9. The van der Waals surface area contributed by atoms with Gasteiger partial charge in [0, 0.05) is 22.0 Å². The lowest BCUT2D eigenvalue weighted by Gasteiger charge is -2.11. The first kappa shape index (κ1) is 12.3. The van der Waals surface area contributed by atoms with Crippen molar-refractivity contribution in [3.8, 4) is 0 Å². The highest BCUT2D eigenvalue weighted by atomic mass is 32.2. The van der Waals surface area contributed by atoms with E-state index in [1.54, 1.807) is 0 Å². The van der Waals surface area contributed by atoms with Crippen LogP contribution in [0, 0.1) is 0 Å². The standard InChI is InChI=1S/C9H13N3O3S/c1-16(15)5-2-6(10)9(7(11)3-5)12-4-8(13)14/h2-3,12H,4,10-11H2,1H3,(H,13,14). The van der Waals surface area contributed by atoms with E-state index in [0.717, 1.165) is 0 Å². The van der Waals surface area contributed by atoms with Crippen LogP contribution in [0.3, 0.4) is 0 Å². The van der Waals surface area contributed by atoms with E-state index in [9.17, 15) is 9.00 Å². The van der Waals surface area contributed by atoms with Crippen molar-refractivity contribution in [2.75, 3.05) is 29.6 Å². The molecule has 7 heteroatoms. The third-order valence-electron chi connectivity index (χ3n) is 1.92. The number of hydrogen-bond donors (Lipinski definition) is 4. The van der Waals surface area contributed by atoms with Crippen LogP contribution < -0.4 is 16.8 Å². The summed E-state index contributed by atoms with van der Waals surface area (Å²) in [6.45, 7) is -0.275. The number of carboxylic acids is 1. The first-order valence-corrected chi connectivity index (χ1v) is 5.95. The summed E-state index contributed by atoms with van der Waals surface area (Å²) in [5.74, 6) is -1.01. The van der Waals surface area contributed by atoms with Gasteiger partial charge in [-0.05, 0) is 12.1 Å². The number of hydrogen-bond acceptors (Lipinski definition) is 5. The molecule has 0 heterocycles. The Labute approximate surface area is 95.1 Å². The fraction of sp³-hybridized carbons (Fsp3) is 0.222. The van der Waals surface area contributed by atoms with Crippen LogP contribution in [0.1, 0.15) is 0 Å². The van der Waals surface area contributed by atoms with E-state index in [4.69, 9.17) is 16.6 Å². The van der Waals surface area contributed by atoms with Gasteiger partial charge < -0.3 is 21.9 Å². The van der Waals surface area contributed by atoms with Crippen LogP contribution in [0.15, 0.2) is 17.0 Å². The van der Waals surface area contributed by atoms with Gasteiger partial charge in [-0.3, -0.25) is 9.00 Å². The van der Waals surface area contributed by atoms with Crippen molar-refractivity contribution in [2.24, 2.45) is 0 Å². The Kier molecular flexibility index (Phi) is 3.73. The highest BCUT2D eigenvalue weighted by Gasteiger charge is 2.09. The summed E-state index contributed by atoms with van der Waals surface area (Å²) in [5.41, 5.74) is 12.3. The van der Waals surface area contributed by atoms with Gasteiger partial charge in [-0.2, -0.15) is 0 Å². The van der Waals surface area contributed by atoms with E-state index in [-0.39, 0.29) is 17.9 Å². The molecule has 1 aromatic carbocycles. The Morgan fingerprint density at radius 1 is 1.44 bits per heavy atom. The number of carbonyl (C=O) groups is 1. The monoisotopic (exact) mass is 243 g/mol. The first-order valence-electron chi connectivity index (χ1n) is 4.40. The fourth-order valence-electron chi connectivity index (χ4n) is 1.19. The Bertz CT molecular complexity index is 425. The van der Waals surface area contributed by atoms with Crippen molar-refractivity contribution < 1.29 is 14.1 Å². The molecular weight excluding hydrogens is 230 g/mol. The highest BCUT2D eigenvalue weighted by Crippen LogP contribution is 2.28. The molecule has 0 aliphatic heterocycles. The average Bonchev–Trinajstić information content (AvgIpc) is 2.15. The normalized spacial score (nSPS) is 12.1. The zero-order valence-electron chi connectivity index (χ0n) is 8.69. The van der Waals surface area contributed by atoms with Crippen molar-refractivity contribution in [1.82, 2.24) is 0 Å². The van der Waals surface area contributed by atoms with E-state index in [1.807, 2.05) is 0 Å². The molecule has 0 spiro atoms. The molecule has 1 unspecified atom stereocenters. The molecule has 6 nitrogen and oxygen atoms in total. The predicted molar refractivity (Wildman–Crippen MR) is 63.7 cm³/mol. The Hall–Kier alpha value is -1.76. The highest BCUT2D eigenvalue weighted by molar-refractivity contribution is 7.84. The van der Waals surface area contributed by atoms with Crippen LogP contribution in [0.4, 0.5) is 17.1 Å². The van der Waals surface area contributed by atoms with Crippen LogP contribution in [0.25, 0.3) is 0 Å². The van der Waals surface area contributed by atoms with Crippen molar-refractivity contribution in [1.29, 1.82) is 0 Å². The van der Waals surface area contributed by atoms with Gasteiger partial charge in [-0.15, -0.1) is 0 Å². The third-order valence-corrected chi connectivity index (χ3v) is 2.82. The maximum Gasteiger partial charge on any atom is 0.322 e. The molecule has 0 saturated heterocycles. The average molecular weight is 243 g/mol. The number of nitrogen functional groups attached to an aromatic ring is 2. The maximum absolute atomic E-state index is 11.2. The summed E-state index contributed by atoms with van der Waals surface area (Å²) in [7, 11) is -1.17. The predicted octanol–water partition coefficient (Wildman–Crippen LogP) is 0.0849. The number of aliphatic carboxylic acids is 1. The summed E-state index contributed by atoms with van der Waals surface area (Å²) < 4.78 is 11.2. The number of nitrogens with two attached hydrogens (primary N) is 2. The fourth-order valence-corrected chi connectivity index (χ4v) is 1.78. The molecule has 0 aliphatic rings. The minimum absolute atomic E-state index is 0.275. The van der Waals surface area contributed by atoms with Crippen molar-refractivity contribution in [2.45, 2.75) is 4.90 Å². The number of carboxylic acid groups (broad SMARTS) is 1. The molecule has 0 aromatic heterocycles. The Balaban J connectivity index is 3.03. The number of benzene rings is 1. The maximum atomic E-state index is 11.2. The minimum Gasteiger partial charge on any atom is -0.480 e. The first-order chi connectivity index (χ1) is 7.41. The van der Waals surface area contributed by atoms with Gasteiger partial charge in [0.05, 0.1) is 17.1 Å². The van der Waals surface area contributed by atoms with Gasteiger partial charge in [0.25, 0.3) is 0 Å². The number of nitrogens with one attached hydrogen (secondary N) is 1. The number of rotatable bonds is 4.